The quantitative estimate of drug-likeness (QED) is 0.682. The van der Waals surface area contributed by atoms with Crippen LogP contribution in [0.5, 0.6) is 11.8 Å². The Bertz CT molecular complexity index is 486. The fraction of sp³-hybridized carbons (Fsp3) is 0.500. The van der Waals surface area contributed by atoms with Crippen molar-refractivity contribution in [3.8, 4) is 11.8 Å². The molecule has 0 spiro atoms. The van der Waals surface area contributed by atoms with Crippen LogP contribution in [0, 0.1) is 0 Å². The second-order valence-corrected chi connectivity index (χ2v) is 4.05. The normalized spacial score (nSPS) is 11.4. The lowest BCUT2D eigenvalue weighted by Crippen LogP contribution is -2.43. The maximum atomic E-state index is 11.8. The number of nitrogens with zero attached hydrogens (tertiary/aromatic N) is 2. The number of aliphatic carboxylic acids is 1. The Labute approximate surface area is 121 Å². The Morgan fingerprint density at radius 3 is 2.29 bits per heavy atom. The Balaban J connectivity index is 2.75. The van der Waals surface area contributed by atoms with Gasteiger partial charge in [-0.3, -0.25) is 5.32 Å². The predicted octanol–water partition coefficient (Wildman–Crippen LogP) is 0.869. The number of urea groups is 1. The molecule has 0 aliphatic rings. The molecule has 1 aromatic heterocycles. The third-order valence-corrected chi connectivity index (χ3v) is 2.50. The van der Waals surface area contributed by atoms with Gasteiger partial charge in [0.2, 0.25) is 17.7 Å². The van der Waals surface area contributed by atoms with E-state index in [4.69, 9.17) is 14.6 Å². The average molecular weight is 298 g/mol. The number of carboxylic acid groups (broad SMARTS) is 1. The lowest BCUT2D eigenvalue weighted by atomic mass is 10.2. The summed E-state index contributed by atoms with van der Waals surface area (Å²) in [5.74, 6) is -0.735. The van der Waals surface area contributed by atoms with Crippen LogP contribution in [0.3, 0.4) is 0 Å². The molecule has 1 heterocycles. The fourth-order valence-electron chi connectivity index (χ4n) is 1.51. The first-order valence-corrected chi connectivity index (χ1v) is 6.27. The number of anilines is 1. The monoisotopic (exact) mass is 298 g/mol. The summed E-state index contributed by atoms with van der Waals surface area (Å²) >= 11 is 0. The maximum absolute atomic E-state index is 11.8. The van der Waals surface area contributed by atoms with Gasteiger partial charge in [0.15, 0.2) is 0 Å². The highest BCUT2D eigenvalue weighted by Crippen LogP contribution is 2.17. The van der Waals surface area contributed by atoms with Crippen LogP contribution in [0.2, 0.25) is 0 Å². The number of carbonyl (C=O) groups excluding carboxylic acids is 1. The van der Waals surface area contributed by atoms with Gasteiger partial charge in [-0.25, -0.2) is 9.59 Å². The molecule has 0 fully saturated rings. The molecule has 0 aliphatic carbocycles. The first kappa shape index (κ1) is 16.5. The van der Waals surface area contributed by atoms with Gasteiger partial charge >= 0.3 is 12.0 Å². The summed E-state index contributed by atoms with van der Waals surface area (Å²) in [5.41, 5.74) is 0. The molecule has 0 saturated heterocycles. The van der Waals surface area contributed by atoms with E-state index >= 15 is 0 Å². The molecule has 0 unspecified atom stereocenters. The van der Waals surface area contributed by atoms with Gasteiger partial charge in [0, 0.05) is 0 Å². The number of hydrogen-bond donors (Lipinski definition) is 3. The molecule has 9 nitrogen and oxygen atoms in total. The van der Waals surface area contributed by atoms with Gasteiger partial charge in [0.05, 0.1) is 20.3 Å². The predicted molar refractivity (Wildman–Crippen MR) is 73.6 cm³/mol. The molecule has 0 radical (unpaired) electrons. The van der Waals surface area contributed by atoms with E-state index in [1.54, 1.807) is 0 Å². The number of aromatic nitrogens is 2. The van der Waals surface area contributed by atoms with E-state index in [-0.39, 0.29) is 17.7 Å². The minimum Gasteiger partial charge on any atom is -0.481 e. The van der Waals surface area contributed by atoms with E-state index < -0.39 is 18.0 Å². The lowest BCUT2D eigenvalue weighted by molar-refractivity contribution is -0.139. The molecule has 0 bridgehead atoms. The maximum Gasteiger partial charge on any atom is 0.326 e. The number of hydrogen-bond acceptors (Lipinski definition) is 6. The van der Waals surface area contributed by atoms with Crippen molar-refractivity contribution in [3.63, 3.8) is 0 Å². The molecule has 0 aliphatic heterocycles. The molecule has 3 N–H and O–H groups in total. The molecular weight excluding hydrogens is 280 g/mol. The van der Waals surface area contributed by atoms with E-state index in [1.807, 2.05) is 6.92 Å². The van der Waals surface area contributed by atoms with Crippen LogP contribution in [0.4, 0.5) is 10.7 Å². The van der Waals surface area contributed by atoms with Crippen LogP contribution in [0.1, 0.15) is 19.8 Å². The summed E-state index contributed by atoms with van der Waals surface area (Å²) in [6, 6.07) is -0.242. The molecule has 2 amide bonds. The number of amides is 2. The highest BCUT2D eigenvalue weighted by atomic mass is 16.5. The highest BCUT2D eigenvalue weighted by molar-refractivity contribution is 5.90. The number of carbonyl (C=O) groups is 2. The van der Waals surface area contributed by atoms with E-state index in [0.29, 0.717) is 12.8 Å². The second-order valence-electron chi connectivity index (χ2n) is 4.05. The first-order chi connectivity index (χ1) is 9.99. The van der Waals surface area contributed by atoms with Crippen molar-refractivity contribution in [1.82, 2.24) is 15.3 Å². The van der Waals surface area contributed by atoms with Gasteiger partial charge < -0.3 is 19.9 Å². The molecule has 21 heavy (non-hydrogen) atoms. The van der Waals surface area contributed by atoms with Crippen LogP contribution in [-0.2, 0) is 4.79 Å². The summed E-state index contributed by atoms with van der Waals surface area (Å²) in [6.45, 7) is 1.82. The zero-order valence-electron chi connectivity index (χ0n) is 12.0. The summed E-state index contributed by atoms with van der Waals surface area (Å²) in [4.78, 5) is 30.5. The Morgan fingerprint density at radius 1 is 1.29 bits per heavy atom. The van der Waals surface area contributed by atoms with Crippen LogP contribution < -0.4 is 20.1 Å². The van der Waals surface area contributed by atoms with E-state index in [9.17, 15) is 9.59 Å². The molecule has 1 aromatic rings. The third kappa shape index (κ3) is 5.13. The van der Waals surface area contributed by atoms with Crippen molar-refractivity contribution >= 4 is 17.9 Å². The fourth-order valence-corrected chi connectivity index (χ4v) is 1.51. The average Bonchev–Trinajstić information content (AvgIpc) is 2.46. The summed E-state index contributed by atoms with van der Waals surface area (Å²) in [6.07, 6.45) is 0.950. The van der Waals surface area contributed by atoms with Crippen LogP contribution in [-0.4, -0.2) is 47.3 Å². The summed E-state index contributed by atoms with van der Waals surface area (Å²) < 4.78 is 9.88. The minimum atomic E-state index is -1.10. The van der Waals surface area contributed by atoms with E-state index in [0.717, 1.165) is 0 Å². The van der Waals surface area contributed by atoms with Gasteiger partial charge in [-0.2, -0.15) is 9.97 Å². The van der Waals surface area contributed by atoms with Gasteiger partial charge in [-0.15, -0.1) is 0 Å². The number of ether oxygens (including phenoxy) is 2. The van der Waals surface area contributed by atoms with Crippen molar-refractivity contribution in [2.24, 2.45) is 0 Å². The van der Waals surface area contributed by atoms with Crippen LogP contribution in [0.15, 0.2) is 6.07 Å². The van der Waals surface area contributed by atoms with Gasteiger partial charge in [0.25, 0.3) is 0 Å². The standard InChI is InChI=1S/C12H18N4O5/c1-4-5-7(10(17)18)13-12(19)16-11-14-8(20-2)6-9(15-11)21-3/h6-7H,4-5H2,1-3H3,(H,17,18)(H2,13,14,15,16,19)/t7-/m0/s1. The first-order valence-electron chi connectivity index (χ1n) is 6.27. The molecule has 0 saturated carbocycles. The summed E-state index contributed by atoms with van der Waals surface area (Å²) in [7, 11) is 2.82. The lowest BCUT2D eigenvalue weighted by Gasteiger charge is -2.14. The topological polar surface area (TPSA) is 123 Å². The molecule has 116 valence electrons. The largest absolute Gasteiger partial charge is 0.481 e. The molecule has 9 heteroatoms. The minimum absolute atomic E-state index is 0.0515. The SMILES string of the molecule is CCC[C@H](NC(=O)Nc1nc(OC)cc(OC)n1)C(=O)O. The van der Waals surface area contributed by atoms with Gasteiger partial charge in [-0.05, 0) is 6.42 Å². The van der Waals surface area contributed by atoms with Crippen molar-refractivity contribution in [1.29, 1.82) is 0 Å². The smallest absolute Gasteiger partial charge is 0.326 e. The number of nitrogens with one attached hydrogen (secondary N) is 2. The van der Waals surface area contributed by atoms with Crippen LogP contribution in [0.25, 0.3) is 0 Å². The van der Waals surface area contributed by atoms with Gasteiger partial charge in [-0.1, -0.05) is 13.3 Å². The Morgan fingerprint density at radius 2 is 1.86 bits per heavy atom. The van der Waals surface area contributed by atoms with Crippen molar-refractivity contribution in [3.05, 3.63) is 6.07 Å². The van der Waals surface area contributed by atoms with Crippen molar-refractivity contribution in [2.45, 2.75) is 25.8 Å². The molecule has 1 atom stereocenters. The van der Waals surface area contributed by atoms with Crippen molar-refractivity contribution in [2.75, 3.05) is 19.5 Å². The number of methoxy groups -OCH3 is 2. The molecule has 0 aromatic carbocycles. The molecule has 1 rings (SSSR count). The van der Waals surface area contributed by atoms with E-state index in [1.165, 1.54) is 20.3 Å². The Hall–Kier alpha value is -2.58. The number of carboxylic acids is 1. The van der Waals surface area contributed by atoms with Gasteiger partial charge in [0.1, 0.15) is 6.04 Å². The third-order valence-electron chi connectivity index (χ3n) is 2.50. The highest BCUT2D eigenvalue weighted by Gasteiger charge is 2.19. The summed E-state index contributed by atoms with van der Waals surface area (Å²) in [5, 5.41) is 13.6. The van der Waals surface area contributed by atoms with Crippen molar-refractivity contribution < 1.29 is 24.2 Å². The molecular formula is C12H18N4O5. The zero-order valence-corrected chi connectivity index (χ0v) is 12.0. The second kappa shape index (κ2) is 7.88. The van der Waals surface area contributed by atoms with Crippen LogP contribution >= 0.6 is 0 Å². The zero-order chi connectivity index (χ0) is 15.8. The number of rotatable bonds is 7. The Kier molecular flexibility index (Phi) is 6.18. The van der Waals surface area contributed by atoms with E-state index in [2.05, 4.69) is 20.6 Å².